The molecule has 106 valence electrons. The van der Waals surface area contributed by atoms with Crippen molar-refractivity contribution in [3.05, 3.63) is 29.6 Å². The van der Waals surface area contributed by atoms with Crippen LogP contribution in [0.1, 0.15) is 37.1 Å². The zero-order valence-electron chi connectivity index (χ0n) is 12.3. The van der Waals surface area contributed by atoms with Crippen molar-refractivity contribution in [3.8, 4) is 17.0 Å². The number of aryl methyl sites for hydroxylation is 1. The van der Waals surface area contributed by atoms with E-state index < -0.39 is 0 Å². The summed E-state index contributed by atoms with van der Waals surface area (Å²) < 4.78 is 7.45. The molecule has 2 N–H and O–H groups in total. The van der Waals surface area contributed by atoms with Gasteiger partial charge in [-0.3, -0.25) is 0 Å². The van der Waals surface area contributed by atoms with Crippen LogP contribution in [0.25, 0.3) is 11.3 Å². The monoisotopic (exact) mass is 271 g/mol. The molecule has 3 rings (SSSR count). The summed E-state index contributed by atoms with van der Waals surface area (Å²) in [5.41, 5.74) is 9.37. The lowest BCUT2D eigenvalue weighted by atomic mass is 10.1. The Morgan fingerprint density at radius 3 is 2.70 bits per heavy atom. The number of methoxy groups -OCH3 is 1. The fourth-order valence-electron chi connectivity index (χ4n) is 2.71. The molecule has 0 aliphatic heterocycles. The third-order valence-electron chi connectivity index (χ3n) is 3.96. The minimum absolute atomic E-state index is 0.602. The first-order valence-electron chi connectivity index (χ1n) is 7.16. The highest BCUT2D eigenvalue weighted by Crippen LogP contribution is 2.42. The van der Waals surface area contributed by atoms with Crippen LogP contribution in [-0.4, -0.2) is 16.7 Å². The highest BCUT2D eigenvalue weighted by atomic mass is 16.5. The van der Waals surface area contributed by atoms with Crippen LogP contribution in [0, 0.1) is 6.92 Å². The Kier molecular flexibility index (Phi) is 3.16. The lowest BCUT2D eigenvalue weighted by Crippen LogP contribution is -2.04. The summed E-state index contributed by atoms with van der Waals surface area (Å²) in [6.45, 7) is 5.03. The van der Waals surface area contributed by atoms with E-state index >= 15 is 0 Å². The van der Waals surface area contributed by atoms with E-state index in [1.807, 2.05) is 19.1 Å². The average Bonchev–Trinajstić information content (AvgIpc) is 3.23. The quantitative estimate of drug-likeness (QED) is 0.927. The van der Waals surface area contributed by atoms with E-state index in [1.54, 1.807) is 7.11 Å². The van der Waals surface area contributed by atoms with E-state index in [0.717, 1.165) is 40.8 Å². The fraction of sp³-hybridized carbons (Fsp3) is 0.438. The summed E-state index contributed by atoms with van der Waals surface area (Å²) in [6.07, 6.45) is 2.47. The van der Waals surface area contributed by atoms with Crippen LogP contribution >= 0.6 is 0 Å². The van der Waals surface area contributed by atoms with Gasteiger partial charge in [0.1, 0.15) is 23.1 Å². The number of nitrogen functional groups attached to an aromatic ring is 1. The van der Waals surface area contributed by atoms with Crippen LogP contribution in [0.15, 0.2) is 18.2 Å². The van der Waals surface area contributed by atoms with Gasteiger partial charge >= 0.3 is 0 Å². The minimum atomic E-state index is 0.602. The lowest BCUT2D eigenvalue weighted by molar-refractivity contribution is 0.412. The molecule has 0 saturated heterocycles. The van der Waals surface area contributed by atoms with E-state index in [1.165, 1.54) is 12.8 Å². The summed E-state index contributed by atoms with van der Waals surface area (Å²) in [7, 11) is 1.69. The number of rotatable bonds is 4. The van der Waals surface area contributed by atoms with E-state index in [0.29, 0.717) is 5.92 Å². The van der Waals surface area contributed by atoms with E-state index in [9.17, 15) is 0 Å². The molecule has 2 aromatic rings. The molecular formula is C16H21N3O. The maximum atomic E-state index is 6.30. The van der Waals surface area contributed by atoms with Crippen LogP contribution in [0.2, 0.25) is 0 Å². The van der Waals surface area contributed by atoms with Crippen molar-refractivity contribution in [2.24, 2.45) is 0 Å². The smallest absolute Gasteiger partial charge is 0.131 e. The maximum absolute atomic E-state index is 6.30. The molecule has 1 aromatic carbocycles. The van der Waals surface area contributed by atoms with Gasteiger partial charge in [0.15, 0.2) is 0 Å². The molecule has 0 spiro atoms. The standard InChI is InChI=1S/C16H21N3O/c1-4-19-15(17)14(18-16(19)11-5-6-11)12-7-8-13(20-3)10(2)9-12/h7-9,11H,4-6,17H2,1-3H3. The van der Waals surface area contributed by atoms with E-state index in [2.05, 4.69) is 17.6 Å². The molecule has 4 nitrogen and oxygen atoms in total. The second kappa shape index (κ2) is 4.85. The topological polar surface area (TPSA) is 53.1 Å². The molecular weight excluding hydrogens is 250 g/mol. The number of benzene rings is 1. The number of hydrogen-bond acceptors (Lipinski definition) is 3. The van der Waals surface area contributed by atoms with Crippen molar-refractivity contribution >= 4 is 5.82 Å². The number of aromatic nitrogens is 2. The highest BCUT2D eigenvalue weighted by molar-refractivity contribution is 5.72. The first-order valence-corrected chi connectivity index (χ1v) is 7.16. The minimum Gasteiger partial charge on any atom is -0.496 e. The number of ether oxygens (including phenoxy) is 1. The average molecular weight is 271 g/mol. The fourth-order valence-corrected chi connectivity index (χ4v) is 2.71. The van der Waals surface area contributed by atoms with Gasteiger partial charge in [-0.25, -0.2) is 4.98 Å². The number of nitrogens with two attached hydrogens (primary N) is 1. The van der Waals surface area contributed by atoms with Gasteiger partial charge in [-0.15, -0.1) is 0 Å². The van der Waals surface area contributed by atoms with Crippen molar-refractivity contribution in [2.75, 3.05) is 12.8 Å². The predicted molar refractivity (Wildman–Crippen MR) is 81.0 cm³/mol. The molecule has 1 heterocycles. The zero-order chi connectivity index (χ0) is 14.3. The van der Waals surface area contributed by atoms with Crippen molar-refractivity contribution in [1.82, 2.24) is 9.55 Å². The summed E-state index contributed by atoms with van der Waals surface area (Å²) in [4.78, 5) is 4.81. The van der Waals surface area contributed by atoms with Crippen LogP contribution in [-0.2, 0) is 6.54 Å². The van der Waals surface area contributed by atoms with Gasteiger partial charge in [0.25, 0.3) is 0 Å². The normalized spacial score (nSPS) is 14.6. The van der Waals surface area contributed by atoms with Gasteiger partial charge in [0.05, 0.1) is 7.11 Å². The number of nitrogens with zero attached hydrogens (tertiary/aromatic N) is 2. The van der Waals surface area contributed by atoms with Gasteiger partial charge in [-0.2, -0.15) is 0 Å². The zero-order valence-corrected chi connectivity index (χ0v) is 12.3. The molecule has 0 bridgehead atoms. The molecule has 0 amide bonds. The molecule has 0 unspecified atom stereocenters. The van der Waals surface area contributed by atoms with E-state index in [-0.39, 0.29) is 0 Å². The van der Waals surface area contributed by atoms with Crippen molar-refractivity contribution in [2.45, 2.75) is 39.2 Å². The molecule has 1 aromatic heterocycles. The molecule has 0 atom stereocenters. The summed E-state index contributed by atoms with van der Waals surface area (Å²) in [5, 5.41) is 0. The summed E-state index contributed by atoms with van der Waals surface area (Å²) in [6, 6.07) is 6.10. The van der Waals surface area contributed by atoms with Crippen molar-refractivity contribution < 1.29 is 4.74 Å². The van der Waals surface area contributed by atoms with E-state index in [4.69, 9.17) is 15.5 Å². The molecule has 20 heavy (non-hydrogen) atoms. The number of imidazole rings is 1. The third kappa shape index (κ3) is 2.05. The Morgan fingerprint density at radius 1 is 1.40 bits per heavy atom. The largest absolute Gasteiger partial charge is 0.496 e. The Hall–Kier alpha value is -1.97. The Bertz CT molecular complexity index is 641. The number of anilines is 1. The number of hydrogen-bond donors (Lipinski definition) is 1. The van der Waals surface area contributed by atoms with Crippen LogP contribution < -0.4 is 10.5 Å². The molecule has 0 radical (unpaired) electrons. The van der Waals surface area contributed by atoms with Crippen LogP contribution in [0.3, 0.4) is 0 Å². The first-order chi connectivity index (χ1) is 9.65. The second-order valence-corrected chi connectivity index (χ2v) is 5.41. The van der Waals surface area contributed by atoms with Gasteiger partial charge in [-0.1, -0.05) is 0 Å². The summed E-state index contributed by atoms with van der Waals surface area (Å²) in [5.74, 6) is 3.42. The predicted octanol–water partition coefficient (Wildman–Crippen LogP) is 3.35. The molecule has 4 heteroatoms. The molecule has 1 aliphatic rings. The Morgan fingerprint density at radius 2 is 2.15 bits per heavy atom. The molecule has 1 saturated carbocycles. The van der Waals surface area contributed by atoms with Gasteiger partial charge < -0.3 is 15.0 Å². The van der Waals surface area contributed by atoms with Crippen LogP contribution in [0.5, 0.6) is 5.75 Å². The third-order valence-corrected chi connectivity index (χ3v) is 3.96. The highest BCUT2D eigenvalue weighted by Gasteiger charge is 2.30. The van der Waals surface area contributed by atoms with Gasteiger partial charge in [-0.05, 0) is 50.5 Å². The first kappa shape index (κ1) is 13.0. The van der Waals surface area contributed by atoms with Crippen molar-refractivity contribution in [3.63, 3.8) is 0 Å². The SMILES string of the molecule is CCn1c(C2CC2)nc(-c2ccc(OC)c(C)c2)c1N. The van der Waals surface area contributed by atoms with Gasteiger partial charge in [0, 0.05) is 18.0 Å². The van der Waals surface area contributed by atoms with Crippen LogP contribution in [0.4, 0.5) is 5.82 Å². The van der Waals surface area contributed by atoms with Crippen molar-refractivity contribution in [1.29, 1.82) is 0 Å². The Balaban J connectivity index is 2.07. The maximum Gasteiger partial charge on any atom is 0.131 e. The molecule has 1 aliphatic carbocycles. The Labute approximate surface area is 119 Å². The molecule has 1 fully saturated rings. The lowest BCUT2D eigenvalue weighted by Gasteiger charge is -2.07. The second-order valence-electron chi connectivity index (χ2n) is 5.41. The van der Waals surface area contributed by atoms with Gasteiger partial charge in [0.2, 0.25) is 0 Å². The summed E-state index contributed by atoms with van der Waals surface area (Å²) >= 11 is 0.